The van der Waals surface area contributed by atoms with Gasteiger partial charge in [-0.05, 0) is 30.9 Å². The van der Waals surface area contributed by atoms with Gasteiger partial charge in [0.15, 0.2) is 0 Å². The number of benzene rings is 1. The molecule has 0 spiro atoms. The van der Waals surface area contributed by atoms with Gasteiger partial charge in [-0.1, -0.05) is 24.3 Å². The van der Waals surface area contributed by atoms with E-state index in [4.69, 9.17) is 10.5 Å². The van der Waals surface area contributed by atoms with Gasteiger partial charge in [-0.3, -0.25) is 0 Å². The monoisotopic (exact) mass is 193 g/mol. The largest absolute Gasteiger partial charge is 0.382 e. The maximum absolute atomic E-state index is 5.52. The molecule has 0 aliphatic carbocycles. The van der Waals surface area contributed by atoms with Gasteiger partial charge in [-0.15, -0.1) is 0 Å². The molecule has 0 aliphatic rings. The molecule has 0 aliphatic heterocycles. The van der Waals surface area contributed by atoms with Crippen molar-refractivity contribution in [3.63, 3.8) is 0 Å². The lowest BCUT2D eigenvalue weighted by molar-refractivity contribution is 0.111. The molecule has 1 rings (SSSR count). The van der Waals surface area contributed by atoms with Crippen molar-refractivity contribution in [3.05, 3.63) is 35.4 Å². The first-order valence-electron chi connectivity index (χ1n) is 5.07. The Labute approximate surface area is 86.1 Å². The first-order valence-corrected chi connectivity index (χ1v) is 5.07. The van der Waals surface area contributed by atoms with Gasteiger partial charge >= 0.3 is 0 Å². The summed E-state index contributed by atoms with van der Waals surface area (Å²) in [5.74, 6) is 0. The molecular formula is C12H19NO. The van der Waals surface area contributed by atoms with Crippen LogP contribution in [0, 0.1) is 0 Å². The van der Waals surface area contributed by atoms with Gasteiger partial charge in [-0.2, -0.15) is 0 Å². The standard InChI is InChI=1S/C12H19NO/c1-10(14-2)3-4-11-5-7-12(9-13)8-6-11/h5-8,10H,3-4,9,13H2,1-2H3. The second kappa shape index (κ2) is 5.78. The van der Waals surface area contributed by atoms with Crippen molar-refractivity contribution in [1.82, 2.24) is 0 Å². The first-order chi connectivity index (χ1) is 6.76. The molecule has 0 radical (unpaired) electrons. The quantitative estimate of drug-likeness (QED) is 0.777. The van der Waals surface area contributed by atoms with Crippen molar-refractivity contribution in [1.29, 1.82) is 0 Å². The van der Waals surface area contributed by atoms with Gasteiger partial charge in [0.25, 0.3) is 0 Å². The molecule has 1 atom stereocenters. The number of rotatable bonds is 5. The average Bonchev–Trinajstić information content (AvgIpc) is 2.26. The zero-order chi connectivity index (χ0) is 10.4. The minimum atomic E-state index is 0.337. The number of nitrogens with two attached hydrogens (primary N) is 1. The van der Waals surface area contributed by atoms with E-state index in [1.165, 1.54) is 11.1 Å². The van der Waals surface area contributed by atoms with Crippen molar-refractivity contribution in [2.45, 2.75) is 32.4 Å². The Kier molecular flexibility index (Phi) is 4.63. The third kappa shape index (κ3) is 3.48. The highest BCUT2D eigenvalue weighted by Crippen LogP contribution is 2.08. The average molecular weight is 193 g/mol. The van der Waals surface area contributed by atoms with Gasteiger partial charge < -0.3 is 10.5 Å². The molecule has 0 amide bonds. The first kappa shape index (κ1) is 11.2. The third-order valence-corrected chi connectivity index (χ3v) is 2.50. The van der Waals surface area contributed by atoms with E-state index in [-0.39, 0.29) is 0 Å². The highest BCUT2D eigenvalue weighted by atomic mass is 16.5. The molecule has 0 aromatic heterocycles. The number of aryl methyl sites for hydroxylation is 1. The van der Waals surface area contributed by atoms with Crippen LogP contribution in [0.3, 0.4) is 0 Å². The molecule has 78 valence electrons. The van der Waals surface area contributed by atoms with Gasteiger partial charge in [0.2, 0.25) is 0 Å². The summed E-state index contributed by atoms with van der Waals surface area (Å²) in [6.45, 7) is 2.71. The Morgan fingerprint density at radius 3 is 2.29 bits per heavy atom. The van der Waals surface area contributed by atoms with E-state index in [9.17, 15) is 0 Å². The van der Waals surface area contributed by atoms with E-state index in [1.54, 1.807) is 7.11 Å². The fourth-order valence-electron chi connectivity index (χ4n) is 1.33. The van der Waals surface area contributed by atoms with E-state index in [0.29, 0.717) is 12.6 Å². The molecule has 1 unspecified atom stereocenters. The van der Waals surface area contributed by atoms with Crippen molar-refractivity contribution in [2.75, 3.05) is 7.11 Å². The molecule has 0 bridgehead atoms. The molecule has 0 heterocycles. The van der Waals surface area contributed by atoms with Crippen LogP contribution in [-0.2, 0) is 17.7 Å². The highest BCUT2D eigenvalue weighted by Gasteiger charge is 2.00. The van der Waals surface area contributed by atoms with E-state index in [1.807, 2.05) is 0 Å². The summed E-state index contributed by atoms with van der Waals surface area (Å²) in [4.78, 5) is 0. The lowest BCUT2D eigenvalue weighted by Gasteiger charge is -2.08. The summed E-state index contributed by atoms with van der Waals surface area (Å²) >= 11 is 0. The summed E-state index contributed by atoms with van der Waals surface area (Å²) in [7, 11) is 1.75. The fraction of sp³-hybridized carbons (Fsp3) is 0.500. The normalized spacial score (nSPS) is 12.8. The van der Waals surface area contributed by atoms with Crippen molar-refractivity contribution >= 4 is 0 Å². The van der Waals surface area contributed by atoms with Crippen LogP contribution in [0.5, 0.6) is 0 Å². The molecule has 0 saturated heterocycles. The van der Waals surface area contributed by atoms with E-state index >= 15 is 0 Å². The molecule has 2 heteroatoms. The fourth-order valence-corrected chi connectivity index (χ4v) is 1.33. The van der Waals surface area contributed by atoms with Gasteiger partial charge in [-0.25, -0.2) is 0 Å². The van der Waals surface area contributed by atoms with E-state index in [0.717, 1.165) is 12.8 Å². The molecule has 1 aromatic carbocycles. The predicted octanol–water partition coefficient (Wildman–Crippen LogP) is 2.11. The molecule has 2 N–H and O–H groups in total. The molecule has 14 heavy (non-hydrogen) atoms. The van der Waals surface area contributed by atoms with Crippen molar-refractivity contribution < 1.29 is 4.74 Å². The predicted molar refractivity (Wildman–Crippen MR) is 59.1 cm³/mol. The zero-order valence-corrected chi connectivity index (χ0v) is 8.99. The Balaban J connectivity index is 2.43. The molecule has 1 aromatic rings. The Morgan fingerprint density at radius 2 is 1.79 bits per heavy atom. The highest BCUT2D eigenvalue weighted by molar-refractivity contribution is 5.22. The topological polar surface area (TPSA) is 35.2 Å². The van der Waals surface area contributed by atoms with Crippen LogP contribution < -0.4 is 5.73 Å². The van der Waals surface area contributed by atoms with Gasteiger partial charge in [0.05, 0.1) is 6.10 Å². The summed E-state index contributed by atoms with van der Waals surface area (Å²) in [5, 5.41) is 0. The Morgan fingerprint density at radius 1 is 1.21 bits per heavy atom. The zero-order valence-electron chi connectivity index (χ0n) is 8.99. The van der Waals surface area contributed by atoms with Gasteiger partial charge in [0.1, 0.15) is 0 Å². The second-order valence-electron chi connectivity index (χ2n) is 3.61. The SMILES string of the molecule is COC(C)CCc1ccc(CN)cc1. The lowest BCUT2D eigenvalue weighted by Crippen LogP contribution is -2.06. The molecule has 2 nitrogen and oxygen atoms in total. The van der Waals surface area contributed by atoms with Crippen molar-refractivity contribution in [2.24, 2.45) is 5.73 Å². The number of hydrogen-bond donors (Lipinski definition) is 1. The summed E-state index contributed by atoms with van der Waals surface area (Å²) < 4.78 is 5.20. The Bertz CT molecular complexity index is 256. The van der Waals surface area contributed by atoms with Crippen LogP contribution in [0.2, 0.25) is 0 Å². The Hall–Kier alpha value is -0.860. The van der Waals surface area contributed by atoms with E-state index < -0.39 is 0 Å². The third-order valence-electron chi connectivity index (χ3n) is 2.50. The van der Waals surface area contributed by atoms with Crippen LogP contribution in [0.15, 0.2) is 24.3 Å². The summed E-state index contributed by atoms with van der Waals surface area (Å²) in [5.41, 5.74) is 8.06. The number of methoxy groups -OCH3 is 1. The van der Waals surface area contributed by atoms with Crippen LogP contribution in [0.1, 0.15) is 24.5 Å². The smallest absolute Gasteiger partial charge is 0.0546 e. The summed E-state index contributed by atoms with van der Waals surface area (Å²) in [6.07, 6.45) is 2.47. The summed E-state index contributed by atoms with van der Waals surface area (Å²) in [6, 6.07) is 8.47. The minimum absolute atomic E-state index is 0.337. The van der Waals surface area contributed by atoms with Crippen LogP contribution in [-0.4, -0.2) is 13.2 Å². The van der Waals surface area contributed by atoms with Crippen LogP contribution in [0.25, 0.3) is 0 Å². The lowest BCUT2D eigenvalue weighted by atomic mass is 10.1. The maximum atomic E-state index is 5.52. The molecular weight excluding hydrogens is 174 g/mol. The number of ether oxygens (including phenoxy) is 1. The van der Waals surface area contributed by atoms with E-state index in [2.05, 4.69) is 31.2 Å². The molecule has 0 fully saturated rings. The minimum Gasteiger partial charge on any atom is -0.382 e. The van der Waals surface area contributed by atoms with Crippen LogP contribution in [0.4, 0.5) is 0 Å². The molecule has 0 saturated carbocycles. The van der Waals surface area contributed by atoms with Crippen molar-refractivity contribution in [3.8, 4) is 0 Å². The van der Waals surface area contributed by atoms with Crippen LogP contribution >= 0.6 is 0 Å². The maximum Gasteiger partial charge on any atom is 0.0546 e. The second-order valence-corrected chi connectivity index (χ2v) is 3.61. The number of hydrogen-bond acceptors (Lipinski definition) is 2. The van der Waals surface area contributed by atoms with Gasteiger partial charge in [0, 0.05) is 13.7 Å².